The zero-order valence-electron chi connectivity index (χ0n) is 20.0. The topological polar surface area (TPSA) is 80.3 Å². The number of ether oxygens (including phenoxy) is 6. The Bertz CT molecular complexity index is 1250. The van der Waals surface area contributed by atoms with E-state index >= 15 is 0 Å². The number of anilines is 1. The number of para-hydroxylation sites is 1. The van der Waals surface area contributed by atoms with Gasteiger partial charge in [0.1, 0.15) is 12.4 Å². The number of hydrogen-bond donors (Lipinski definition) is 1. The van der Waals surface area contributed by atoms with Gasteiger partial charge in [-0.1, -0.05) is 6.07 Å². The summed E-state index contributed by atoms with van der Waals surface area (Å²) in [5.74, 6) is 4.15. The first-order chi connectivity index (χ1) is 17.2. The highest BCUT2D eigenvalue weighted by Crippen LogP contribution is 2.37. The lowest BCUT2D eigenvalue weighted by Crippen LogP contribution is -2.12. The Labute approximate surface area is 204 Å². The number of fused-ring (bicyclic) bond motifs is 1. The molecule has 0 saturated heterocycles. The van der Waals surface area contributed by atoms with Gasteiger partial charge in [-0.15, -0.1) is 0 Å². The van der Waals surface area contributed by atoms with E-state index in [4.69, 9.17) is 28.4 Å². The van der Waals surface area contributed by atoms with Crippen molar-refractivity contribution in [1.29, 1.82) is 0 Å². The number of nitrogens with one attached hydrogen (secondary N) is 1. The predicted molar refractivity (Wildman–Crippen MR) is 133 cm³/mol. The van der Waals surface area contributed by atoms with E-state index in [-0.39, 0.29) is 0 Å². The molecule has 8 nitrogen and oxygen atoms in total. The fraction of sp³-hybridized carbons (Fsp3) is 0.222. The van der Waals surface area contributed by atoms with Gasteiger partial charge in [0, 0.05) is 24.2 Å². The molecule has 4 aromatic rings. The largest absolute Gasteiger partial charge is 0.493 e. The van der Waals surface area contributed by atoms with Crippen LogP contribution in [0.1, 0.15) is 0 Å². The fourth-order valence-corrected chi connectivity index (χ4v) is 3.49. The summed E-state index contributed by atoms with van der Waals surface area (Å²) >= 11 is 0. The maximum Gasteiger partial charge on any atom is 0.203 e. The molecule has 0 bridgehead atoms. The summed E-state index contributed by atoms with van der Waals surface area (Å²) < 4.78 is 33.4. The number of aromatic nitrogens is 1. The van der Waals surface area contributed by atoms with Crippen molar-refractivity contribution in [2.24, 2.45) is 0 Å². The fourth-order valence-electron chi connectivity index (χ4n) is 3.49. The molecule has 0 radical (unpaired) electrons. The molecule has 0 amide bonds. The summed E-state index contributed by atoms with van der Waals surface area (Å²) in [5.41, 5.74) is 1.49. The third-order valence-corrected chi connectivity index (χ3v) is 5.20. The Balaban J connectivity index is 1.38. The van der Waals surface area contributed by atoms with Crippen LogP contribution in [0.25, 0.3) is 10.9 Å². The van der Waals surface area contributed by atoms with Gasteiger partial charge in [0.25, 0.3) is 0 Å². The second-order valence-corrected chi connectivity index (χ2v) is 7.26. The van der Waals surface area contributed by atoms with Crippen LogP contribution in [0.15, 0.2) is 54.7 Å². The molecule has 0 aliphatic carbocycles. The van der Waals surface area contributed by atoms with Gasteiger partial charge >= 0.3 is 0 Å². The van der Waals surface area contributed by atoms with Crippen molar-refractivity contribution < 1.29 is 28.4 Å². The molecular weight excluding hydrogens is 448 g/mol. The molecule has 4 rings (SSSR count). The first kappa shape index (κ1) is 23.6. The molecule has 0 atom stereocenters. The van der Waals surface area contributed by atoms with E-state index in [0.717, 1.165) is 16.6 Å². The first-order valence-corrected chi connectivity index (χ1v) is 10.9. The van der Waals surface area contributed by atoms with E-state index in [1.54, 1.807) is 40.7 Å². The van der Waals surface area contributed by atoms with Gasteiger partial charge < -0.3 is 33.7 Å². The van der Waals surface area contributed by atoms with Crippen molar-refractivity contribution in [1.82, 2.24) is 4.98 Å². The number of pyridine rings is 1. The van der Waals surface area contributed by atoms with Crippen molar-refractivity contribution >= 4 is 16.6 Å². The number of methoxy groups -OCH3 is 4. The Morgan fingerprint density at radius 3 is 2.14 bits per heavy atom. The van der Waals surface area contributed by atoms with Crippen molar-refractivity contribution in [3.63, 3.8) is 0 Å². The van der Waals surface area contributed by atoms with Crippen LogP contribution in [0, 0.1) is 12.1 Å². The zero-order chi connectivity index (χ0) is 24.6. The van der Waals surface area contributed by atoms with E-state index in [1.165, 1.54) is 0 Å². The molecule has 0 aliphatic heterocycles. The molecule has 0 spiro atoms. The predicted octanol–water partition coefficient (Wildman–Crippen LogP) is 5.15. The standard InChI is InChI=1S/C27H26N2O6/c1-30-23-6-5-7-24(31-2)27(23)34-15-14-28-18-8-10-19(11-9-18)35-22-12-13-29-21-17-26(33-4)25(32-3)16-20(21)22/h5-8,10,12-13,16-17,28H,14-15H2,1-4H3. The Hall–Kier alpha value is -4.51. The maximum absolute atomic E-state index is 6.05. The number of nitrogens with zero attached hydrogens (tertiary/aromatic N) is 1. The minimum atomic E-state index is 0.400. The molecule has 1 aromatic heterocycles. The van der Waals surface area contributed by atoms with E-state index in [0.29, 0.717) is 53.4 Å². The van der Waals surface area contributed by atoms with E-state index < -0.39 is 0 Å². The second kappa shape index (κ2) is 11.1. The Morgan fingerprint density at radius 1 is 0.771 bits per heavy atom. The molecule has 3 aromatic carbocycles. The lowest BCUT2D eigenvalue weighted by atomic mass is 10.2. The normalized spacial score (nSPS) is 10.3. The van der Waals surface area contributed by atoms with Gasteiger partial charge in [-0.3, -0.25) is 4.98 Å². The van der Waals surface area contributed by atoms with Crippen LogP contribution in [-0.4, -0.2) is 46.6 Å². The van der Waals surface area contributed by atoms with E-state index in [1.807, 2.05) is 42.5 Å². The quantitative estimate of drug-likeness (QED) is 0.299. The second-order valence-electron chi connectivity index (χ2n) is 7.26. The molecule has 0 saturated carbocycles. The van der Waals surface area contributed by atoms with Gasteiger partial charge in [0.2, 0.25) is 5.75 Å². The van der Waals surface area contributed by atoms with Crippen molar-refractivity contribution in [2.45, 2.75) is 0 Å². The van der Waals surface area contributed by atoms with Crippen molar-refractivity contribution in [3.8, 4) is 40.2 Å². The molecule has 0 aliphatic rings. The highest BCUT2D eigenvalue weighted by molar-refractivity contribution is 5.88. The molecule has 1 heterocycles. The third-order valence-electron chi connectivity index (χ3n) is 5.20. The molecule has 180 valence electrons. The van der Waals surface area contributed by atoms with E-state index in [9.17, 15) is 0 Å². The summed E-state index contributed by atoms with van der Waals surface area (Å²) in [4.78, 5) is 4.40. The third kappa shape index (κ3) is 5.36. The number of rotatable bonds is 11. The van der Waals surface area contributed by atoms with Crippen LogP contribution in [0.4, 0.5) is 5.69 Å². The molecule has 1 N–H and O–H groups in total. The average molecular weight is 475 g/mol. The lowest BCUT2D eigenvalue weighted by molar-refractivity contribution is 0.284. The molecule has 8 heteroatoms. The van der Waals surface area contributed by atoms with Crippen LogP contribution in [0.5, 0.6) is 40.2 Å². The molecule has 0 unspecified atom stereocenters. The summed E-state index contributed by atoms with van der Waals surface area (Å²) in [7, 11) is 6.37. The van der Waals surface area contributed by atoms with Gasteiger partial charge in [0.05, 0.1) is 39.6 Å². The van der Waals surface area contributed by atoms with Gasteiger partial charge in [-0.05, 0) is 48.5 Å². The van der Waals surface area contributed by atoms with E-state index in [2.05, 4.69) is 22.4 Å². The minimum absolute atomic E-state index is 0.400. The highest BCUT2D eigenvalue weighted by Gasteiger charge is 2.12. The average Bonchev–Trinajstić information content (AvgIpc) is 2.91. The van der Waals surface area contributed by atoms with Crippen LogP contribution < -0.4 is 33.7 Å². The summed E-state index contributed by atoms with van der Waals surface area (Å²) in [6, 6.07) is 20.7. The maximum atomic E-state index is 6.05. The smallest absolute Gasteiger partial charge is 0.203 e. The lowest BCUT2D eigenvalue weighted by Gasteiger charge is -2.14. The monoisotopic (exact) mass is 474 g/mol. The highest BCUT2D eigenvalue weighted by atomic mass is 16.5. The number of benzene rings is 2. The molecule has 35 heavy (non-hydrogen) atoms. The SMILES string of the molecule is COc1cc2nccc(Oc3c#cc(NCCOc4c(OC)cccc4OC)cc3)c2cc1OC. The minimum Gasteiger partial charge on any atom is -0.493 e. The van der Waals surface area contributed by atoms with Crippen molar-refractivity contribution in [2.75, 3.05) is 46.9 Å². The molecule has 0 fully saturated rings. The summed E-state index contributed by atoms with van der Waals surface area (Å²) in [6.45, 7) is 0.944. The van der Waals surface area contributed by atoms with Crippen LogP contribution in [0.2, 0.25) is 0 Å². The Kier molecular flexibility index (Phi) is 7.48. The van der Waals surface area contributed by atoms with Crippen molar-refractivity contribution in [3.05, 3.63) is 66.9 Å². The van der Waals surface area contributed by atoms with Gasteiger partial charge in [-0.25, -0.2) is 0 Å². The summed E-state index contributed by atoms with van der Waals surface area (Å²) in [6.07, 6.45) is 1.68. The van der Waals surface area contributed by atoms with Gasteiger partial charge in [-0.2, -0.15) is 0 Å². The molecular formula is C27H26N2O6. The first-order valence-electron chi connectivity index (χ1n) is 10.9. The number of hydrogen-bond acceptors (Lipinski definition) is 8. The van der Waals surface area contributed by atoms with Gasteiger partial charge in [0.15, 0.2) is 28.7 Å². The zero-order valence-corrected chi connectivity index (χ0v) is 20.0. The van der Waals surface area contributed by atoms with Crippen LogP contribution >= 0.6 is 0 Å². The van der Waals surface area contributed by atoms with Crippen LogP contribution in [0.3, 0.4) is 0 Å². The summed E-state index contributed by atoms with van der Waals surface area (Å²) in [5, 5.41) is 4.04. The van der Waals surface area contributed by atoms with Crippen LogP contribution in [-0.2, 0) is 0 Å². The Morgan fingerprint density at radius 2 is 1.49 bits per heavy atom.